The molecule has 0 radical (unpaired) electrons. The summed E-state index contributed by atoms with van der Waals surface area (Å²) >= 11 is 0. The fraction of sp³-hybridized carbons (Fsp3) is 0. The molecular formula is C66H38N4O2. The fourth-order valence-electron chi connectivity index (χ4n) is 11.0. The molecule has 334 valence electrons. The highest BCUT2D eigenvalue weighted by Gasteiger charge is 2.27. The molecule has 0 aliphatic heterocycles. The van der Waals surface area contributed by atoms with Gasteiger partial charge < -0.3 is 18.6 Å². The van der Waals surface area contributed by atoms with E-state index in [-0.39, 0.29) is 0 Å². The first kappa shape index (κ1) is 40.9. The van der Waals surface area contributed by atoms with Gasteiger partial charge in [0.2, 0.25) is 0 Å². The molecule has 0 saturated carbocycles. The number of hydrogen-bond donors (Lipinski definition) is 0. The van der Waals surface area contributed by atoms with Crippen LogP contribution < -0.4 is 9.80 Å². The second kappa shape index (κ2) is 16.2. The molecule has 0 bridgehead atoms. The molecule has 14 rings (SSSR count). The lowest BCUT2D eigenvalue weighted by Crippen LogP contribution is -2.12. The average Bonchev–Trinajstić information content (AvgIpc) is 4.03. The molecule has 6 heteroatoms. The van der Waals surface area contributed by atoms with Gasteiger partial charge in [-0.15, -0.1) is 0 Å². The monoisotopic (exact) mass is 918 g/mol. The molecule has 72 heavy (non-hydrogen) atoms. The Morgan fingerprint density at radius 2 is 0.722 bits per heavy atom. The first-order chi connectivity index (χ1) is 35.6. The number of hydrogen-bond acceptors (Lipinski definition) is 6. The van der Waals surface area contributed by atoms with Gasteiger partial charge in [0.15, 0.2) is 11.2 Å². The number of anilines is 6. The largest absolute Gasteiger partial charge is 0.454 e. The molecule has 12 aromatic carbocycles. The molecule has 0 fully saturated rings. The number of nitrogens with zero attached hydrogens (tertiary/aromatic N) is 4. The maximum atomic E-state index is 10.4. The van der Waals surface area contributed by atoms with Crippen molar-refractivity contribution in [3.63, 3.8) is 0 Å². The lowest BCUT2D eigenvalue weighted by molar-refractivity contribution is 0.669. The SMILES string of the molecule is N#Cc1ccc(N(c2ccc3ccc4c(N(c5ccc(C#N)c(-c6ccccc6)c5)c5cccc6c5oc5ccccc56)ccc5ccc2c3c54)c2cccc3c2oc2ccccc23)cc1-c1ccccc1. The summed E-state index contributed by atoms with van der Waals surface area (Å²) < 4.78 is 13.6. The van der Waals surface area contributed by atoms with Crippen LogP contribution in [0.25, 0.3) is 98.4 Å². The summed E-state index contributed by atoms with van der Waals surface area (Å²) in [5.41, 5.74) is 13.4. The van der Waals surface area contributed by atoms with Gasteiger partial charge >= 0.3 is 0 Å². The van der Waals surface area contributed by atoms with Crippen LogP contribution in [0.4, 0.5) is 34.1 Å². The van der Waals surface area contributed by atoms with E-state index in [4.69, 9.17) is 8.83 Å². The van der Waals surface area contributed by atoms with E-state index in [0.29, 0.717) is 11.1 Å². The number of furan rings is 2. The minimum atomic E-state index is 0.593. The maximum absolute atomic E-state index is 10.4. The van der Waals surface area contributed by atoms with Gasteiger partial charge in [0.1, 0.15) is 11.2 Å². The van der Waals surface area contributed by atoms with Gasteiger partial charge in [0.25, 0.3) is 0 Å². The van der Waals surface area contributed by atoms with Crippen LogP contribution in [0.5, 0.6) is 0 Å². The summed E-state index contributed by atoms with van der Waals surface area (Å²) in [5, 5.41) is 31.6. The van der Waals surface area contributed by atoms with Crippen LogP contribution >= 0.6 is 0 Å². The number of benzene rings is 12. The maximum Gasteiger partial charge on any atom is 0.159 e. The summed E-state index contributed by atoms with van der Waals surface area (Å²) in [6, 6.07) is 84.2. The van der Waals surface area contributed by atoms with Crippen molar-refractivity contribution >= 4 is 110 Å². The minimum Gasteiger partial charge on any atom is -0.454 e. The zero-order valence-electron chi connectivity index (χ0n) is 38.5. The van der Waals surface area contributed by atoms with E-state index in [0.717, 1.165) is 133 Å². The Kier molecular flexibility index (Phi) is 9.23. The van der Waals surface area contributed by atoms with Gasteiger partial charge in [-0.05, 0) is 105 Å². The van der Waals surface area contributed by atoms with Gasteiger partial charge in [0.05, 0.1) is 46.0 Å². The summed E-state index contributed by atoms with van der Waals surface area (Å²) in [6.45, 7) is 0. The molecule has 0 spiro atoms. The van der Waals surface area contributed by atoms with Crippen LogP contribution in [0.1, 0.15) is 11.1 Å². The van der Waals surface area contributed by atoms with E-state index in [9.17, 15) is 10.5 Å². The zero-order valence-corrected chi connectivity index (χ0v) is 38.5. The van der Waals surface area contributed by atoms with Gasteiger partial charge in [-0.2, -0.15) is 10.5 Å². The third kappa shape index (κ3) is 6.27. The Morgan fingerprint density at radius 1 is 0.319 bits per heavy atom. The Labute approximate surface area is 413 Å². The molecule has 0 N–H and O–H groups in total. The van der Waals surface area contributed by atoms with Crippen molar-refractivity contribution in [3.8, 4) is 34.4 Å². The molecule has 6 nitrogen and oxygen atoms in total. The minimum absolute atomic E-state index is 0.593. The van der Waals surface area contributed by atoms with Crippen LogP contribution in [-0.4, -0.2) is 0 Å². The summed E-state index contributed by atoms with van der Waals surface area (Å²) in [6.07, 6.45) is 0. The van der Waals surface area contributed by atoms with Crippen molar-refractivity contribution in [2.24, 2.45) is 0 Å². The predicted molar refractivity (Wildman–Crippen MR) is 294 cm³/mol. The Morgan fingerprint density at radius 3 is 1.17 bits per heavy atom. The first-order valence-corrected chi connectivity index (χ1v) is 23.9. The van der Waals surface area contributed by atoms with Crippen molar-refractivity contribution in [1.29, 1.82) is 10.5 Å². The quantitative estimate of drug-likeness (QED) is 0.141. The molecule has 0 amide bonds. The van der Waals surface area contributed by atoms with Crippen LogP contribution in [0.3, 0.4) is 0 Å². The Bertz CT molecular complexity index is 4270. The summed E-state index contributed by atoms with van der Waals surface area (Å²) in [5.74, 6) is 0. The van der Waals surface area contributed by atoms with E-state index in [2.05, 4.69) is 155 Å². The lowest BCUT2D eigenvalue weighted by Gasteiger charge is -2.30. The number of para-hydroxylation sites is 4. The second-order valence-corrected chi connectivity index (χ2v) is 18.2. The molecule has 2 aromatic heterocycles. The molecule has 0 saturated heterocycles. The smallest absolute Gasteiger partial charge is 0.159 e. The molecule has 0 aliphatic carbocycles. The van der Waals surface area contributed by atoms with Gasteiger partial charge in [-0.3, -0.25) is 0 Å². The van der Waals surface area contributed by atoms with E-state index >= 15 is 0 Å². The molecular weight excluding hydrogens is 881 g/mol. The fourth-order valence-corrected chi connectivity index (χ4v) is 11.0. The van der Waals surface area contributed by atoms with Gasteiger partial charge in [-0.1, -0.05) is 158 Å². The topological polar surface area (TPSA) is 80.3 Å². The number of fused-ring (bicyclic) bond motifs is 6. The molecule has 0 unspecified atom stereocenters. The summed E-state index contributed by atoms with van der Waals surface area (Å²) in [4.78, 5) is 4.59. The van der Waals surface area contributed by atoms with Crippen molar-refractivity contribution in [2.45, 2.75) is 0 Å². The third-order valence-electron chi connectivity index (χ3n) is 14.3. The van der Waals surface area contributed by atoms with Crippen LogP contribution in [0.15, 0.2) is 239 Å². The van der Waals surface area contributed by atoms with E-state index < -0.39 is 0 Å². The van der Waals surface area contributed by atoms with Crippen LogP contribution in [0, 0.1) is 22.7 Å². The highest BCUT2D eigenvalue weighted by molar-refractivity contribution is 6.29. The standard InChI is InChI=1S/C66H38N4O2/c67-39-45-25-31-47(37-55(45)41-13-3-1-4-14-41)69(59-21-11-19-51-49-17-7-9-23-61(49)71-65(51)59)57-35-29-43-28-34-54-58(36-30-44-27-33-53(57)63(43)64(44)54)70(48-32-26-46(40-68)56(38-48)42-15-5-2-6-16-42)60-22-12-20-52-50-18-8-10-24-62(50)72-66(52)60/h1-38H. The zero-order chi connectivity index (χ0) is 47.9. The number of rotatable bonds is 8. The molecule has 2 heterocycles. The van der Waals surface area contributed by atoms with Crippen molar-refractivity contribution in [2.75, 3.05) is 9.80 Å². The highest BCUT2D eigenvalue weighted by atomic mass is 16.3. The predicted octanol–water partition coefficient (Wildman–Crippen LogP) is 18.4. The van der Waals surface area contributed by atoms with Gasteiger partial charge in [0, 0.05) is 54.8 Å². The third-order valence-corrected chi connectivity index (χ3v) is 14.3. The summed E-state index contributed by atoms with van der Waals surface area (Å²) in [7, 11) is 0. The van der Waals surface area contributed by atoms with Crippen LogP contribution in [-0.2, 0) is 0 Å². The lowest BCUT2D eigenvalue weighted by atomic mass is 9.91. The molecule has 0 atom stereocenters. The Balaban J connectivity index is 1.05. The van der Waals surface area contributed by atoms with Crippen LogP contribution in [0.2, 0.25) is 0 Å². The molecule has 0 aliphatic rings. The van der Waals surface area contributed by atoms with Crippen molar-refractivity contribution < 1.29 is 8.83 Å². The highest BCUT2D eigenvalue weighted by Crippen LogP contribution is 2.51. The van der Waals surface area contributed by atoms with Crippen molar-refractivity contribution in [1.82, 2.24) is 0 Å². The van der Waals surface area contributed by atoms with Gasteiger partial charge in [-0.25, -0.2) is 0 Å². The van der Waals surface area contributed by atoms with Crippen molar-refractivity contribution in [3.05, 3.63) is 242 Å². The number of nitriles is 2. The van der Waals surface area contributed by atoms with E-state index in [1.165, 1.54) is 0 Å². The molecule has 14 aromatic rings. The first-order valence-electron chi connectivity index (χ1n) is 23.9. The van der Waals surface area contributed by atoms with E-state index in [1.54, 1.807) is 0 Å². The Hall–Kier alpha value is -10.1. The average molecular weight is 919 g/mol. The second-order valence-electron chi connectivity index (χ2n) is 18.2. The normalized spacial score (nSPS) is 11.6. The van der Waals surface area contributed by atoms with E-state index in [1.807, 2.05) is 97.1 Å².